The van der Waals surface area contributed by atoms with Crippen molar-refractivity contribution in [3.8, 4) is 0 Å². The monoisotopic (exact) mass is 259 g/mol. The Morgan fingerprint density at radius 2 is 2.00 bits per heavy atom. The van der Waals surface area contributed by atoms with Gasteiger partial charge in [0.05, 0.1) is 13.0 Å². The molecule has 2 aliphatic rings. The van der Waals surface area contributed by atoms with E-state index in [1.54, 1.807) is 0 Å². The maximum absolute atomic E-state index is 12.5. The summed E-state index contributed by atoms with van der Waals surface area (Å²) in [5.41, 5.74) is 1.11. The molecule has 1 aromatic rings. The molecule has 1 atom stereocenters. The maximum atomic E-state index is 12.5. The zero-order valence-corrected chi connectivity index (χ0v) is 11.3. The van der Waals surface area contributed by atoms with Crippen molar-refractivity contribution in [1.82, 2.24) is 4.90 Å². The number of carbonyl (C=O) groups excluding carboxylic acids is 1. The van der Waals surface area contributed by atoms with Crippen LogP contribution in [0, 0.1) is 5.92 Å². The number of ether oxygens (including phenoxy) is 1. The van der Waals surface area contributed by atoms with Gasteiger partial charge in [-0.05, 0) is 24.8 Å². The highest BCUT2D eigenvalue weighted by Gasteiger charge is 2.34. The van der Waals surface area contributed by atoms with E-state index in [0.717, 1.165) is 31.7 Å². The van der Waals surface area contributed by atoms with E-state index in [1.807, 2.05) is 30.3 Å². The lowest BCUT2D eigenvalue weighted by Crippen LogP contribution is -2.38. The molecule has 3 nitrogen and oxygen atoms in total. The van der Waals surface area contributed by atoms with Crippen molar-refractivity contribution in [3.05, 3.63) is 35.9 Å². The molecule has 0 bridgehead atoms. The topological polar surface area (TPSA) is 29.5 Å². The molecule has 19 heavy (non-hydrogen) atoms. The van der Waals surface area contributed by atoms with Crippen LogP contribution in [0.25, 0.3) is 0 Å². The van der Waals surface area contributed by atoms with Crippen molar-refractivity contribution >= 4 is 5.91 Å². The molecule has 1 saturated heterocycles. The van der Waals surface area contributed by atoms with Gasteiger partial charge in [-0.25, -0.2) is 0 Å². The third-order valence-corrected chi connectivity index (χ3v) is 3.99. The highest BCUT2D eigenvalue weighted by molar-refractivity contribution is 5.79. The second kappa shape index (κ2) is 5.74. The average molecular weight is 259 g/mol. The summed E-state index contributed by atoms with van der Waals surface area (Å²) >= 11 is 0. The Morgan fingerprint density at radius 3 is 2.63 bits per heavy atom. The summed E-state index contributed by atoms with van der Waals surface area (Å²) in [6, 6.07) is 10.5. The van der Waals surface area contributed by atoms with Gasteiger partial charge in [0.15, 0.2) is 0 Å². The fourth-order valence-corrected chi connectivity index (χ4v) is 2.72. The molecule has 0 N–H and O–H groups in total. The van der Waals surface area contributed by atoms with E-state index in [0.29, 0.717) is 18.4 Å². The van der Waals surface area contributed by atoms with Crippen molar-refractivity contribution in [2.45, 2.75) is 31.7 Å². The fraction of sp³-hybridized carbons (Fsp3) is 0.562. The Hall–Kier alpha value is -1.35. The van der Waals surface area contributed by atoms with E-state index in [2.05, 4.69) is 4.90 Å². The molecule has 1 aliphatic heterocycles. The van der Waals surface area contributed by atoms with Gasteiger partial charge in [-0.15, -0.1) is 0 Å². The Bertz CT molecular complexity index is 422. The van der Waals surface area contributed by atoms with Crippen LogP contribution in [0.3, 0.4) is 0 Å². The van der Waals surface area contributed by atoms with Crippen LogP contribution in [0.5, 0.6) is 0 Å². The number of nitrogens with zero attached hydrogens (tertiary/aromatic N) is 1. The summed E-state index contributed by atoms with van der Waals surface area (Å²) in [7, 11) is 0. The lowest BCUT2D eigenvalue weighted by Gasteiger charge is -2.25. The first kappa shape index (κ1) is 12.7. The molecule has 3 rings (SSSR count). The van der Waals surface area contributed by atoms with Crippen LogP contribution in [0.4, 0.5) is 0 Å². The average Bonchev–Trinajstić information content (AvgIpc) is 3.14. The molecule has 0 aromatic heterocycles. The summed E-state index contributed by atoms with van der Waals surface area (Å²) in [4.78, 5) is 14.6. The SMILES string of the molecule is O=C(Cc1ccccc1)N(CC1CCOC1)C1CC1. The molecule has 0 radical (unpaired) electrons. The molecule has 1 amide bonds. The summed E-state index contributed by atoms with van der Waals surface area (Å²) < 4.78 is 5.42. The highest BCUT2D eigenvalue weighted by Crippen LogP contribution is 2.29. The molecule has 102 valence electrons. The first-order valence-corrected chi connectivity index (χ1v) is 7.24. The highest BCUT2D eigenvalue weighted by atomic mass is 16.5. The van der Waals surface area contributed by atoms with Crippen LogP contribution in [-0.4, -0.2) is 36.6 Å². The van der Waals surface area contributed by atoms with E-state index in [4.69, 9.17) is 4.74 Å². The summed E-state index contributed by atoms with van der Waals surface area (Å²) in [5.74, 6) is 0.820. The van der Waals surface area contributed by atoms with E-state index < -0.39 is 0 Å². The largest absolute Gasteiger partial charge is 0.381 e. The number of amides is 1. The Morgan fingerprint density at radius 1 is 1.21 bits per heavy atom. The van der Waals surface area contributed by atoms with Gasteiger partial charge in [-0.1, -0.05) is 30.3 Å². The van der Waals surface area contributed by atoms with Gasteiger partial charge in [0.2, 0.25) is 5.91 Å². The van der Waals surface area contributed by atoms with Gasteiger partial charge in [0, 0.05) is 25.1 Å². The van der Waals surface area contributed by atoms with Gasteiger partial charge in [-0.2, -0.15) is 0 Å². The summed E-state index contributed by atoms with van der Waals surface area (Å²) in [6.07, 6.45) is 3.98. The zero-order chi connectivity index (χ0) is 13.1. The first-order valence-electron chi connectivity index (χ1n) is 7.24. The Labute approximate surface area is 114 Å². The second-order valence-corrected chi connectivity index (χ2v) is 5.67. The van der Waals surface area contributed by atoms with Crippen molar-refractivity contribution < 1.29 is 9.53 Å². The van der Waals surface area contributed by atoms with E-state index in [9.17, 15) is 4.79 Å². The van der Waals surface area contributed by atoms with Crippen molar-refractivity contribution in [3.63, 3.8) is 0 Å². The van der Waals surface area contributed by atoms with Gasteiger partial charge in [-0.3, -0.25) is 4.79 Å². The number of hydrogen-bond acceptors (Lipinski definition) is 2. The third-order valence-electron chi connectivity index (χ3n) is 3.99. The normalized spacial score (nSPS) is 22.4. The van der Waals surface area contributed by atoms with Gasteiger partial charge < -0.3 is 9.64 Å². The standard InChI is InChI=1S/C16H21NO2/c18-16(10-13-4-2-1-3-5-13)17(15-6-7-15)11-14-8-9-19-12-14/h1-5,14-15H,6-12H2. The fourth-order valence-electron chi connectivity index (χ4n) is 2.72. The molecular formula is C16H21NO2. The van der Waals surface area contributed by atoms with E-state index >= 15 is 0 Å². The minimum atomic E-state index is 0.278. The molecule has 0 spiro atoms. The lowest BCUT2D eigenvalue weighted by molar-refractivity contribution is -0.131. The Kier molecular flexibility index (Phi) is 3.83. The predicted octanol–water partition coefficient (Wildman–Crippen LogP) is 2.26. The van der Waals surface area contributed by atoms with Gasteiger partial charge in [0.1, 0.15) is 0 Å². The van der Waals surface area contributed by atoms with Crippen molar-refractivity contribution in [2.75, 3.05) is 19.8 Å². The number of carbonyl (C=O) groups is 1. The van der Waals surface area contributed by atoms with Crippen LogP contribution in [0.2, 0.25) is 0 Å². The molecule has 3 heteroatoms. The number of benzene rings is 1. The summed E-state index contributed by atoms with van der Waals surface area (Å²) in [6.45, 7) is 2.56. The van der Waals surface area contributed by atoms with Crippen LogP contribution >= 0.6 is 0 Å². The molecule has 1 saturated carbocycles. The van der Waals surface area contributed by atoms with Crippen LogP contribution in [0.15, 0.2) is 30.3 Å². The van der Waals surface area contributed by atoms with Crippen LogP contribution < -0.4 is 0 Å². The van der Waals surface area contributed by atoms with Crippen LogP contribution in [-0.2, 0) is 16.0 Å². The Balaban J connectivity index is 1.61. The molecular weight excluding hydrogens is 238 g/mol. The number of hydrogen-bond donors (Lipinski definition) is 0. The van der Waals surface area contributed by atoms with E-state index in [-0.39, 0.29) is 5.91 Å². The third kappa shape index (κ3) is 3.35. The van der Waals surface area contributed by atoms with Crippen LogP contribution in [0.1, 0.15) is 24.8 Å². The van der Waals surface area contributed by atoms with Gasteiger partial charge >= 0.3 is 0 Å². The zero-order valence-electron chi connectivity index (χ0n) is 11.3. The lowest BCUT2D eigenvalue weighted by atomic mass is 10.1. The van der Waals surface area contributed by atoms with Gasteiger partial charge in [0.25, 0.3) is 0 Å². The second-order valence-electron chi connectivity index (χ2n) is 5.67. The molecule has 2 fully saturated rings. The molecule has 1 aliphatic carbocycles. The summed E-state index contributed by atoms with van der Waals surface area (Å²) in [5, 5.41) is 0. The first-order chi connectivity index (χ1) is 9.33. The smallest absolute Gasteiger partial charge is 0.227 e. The minimum absolute atomic E-state index is 0.278. The van der Waals surface area contributed by atoms with Crippen molar-refractivity contribution in [2.24, 2.45) is 5.92 Å². The number of rotatable bonds is 5. The molecule has 1 heterocycles. The van der Waals surface area contributed by atoms with E-state index in [1.165, 1.54) is 12.8 Å². The maximum Gasteiger partial charge on any atom is 0.227 e. The predicted molar refractivity (Wildman–Crippen MR) is 73.8 cm³/mol. The molecule has 1 aromatic carbocycles. The minimum Gasteiger partial charge on any atom is -0.381 e. The molecule has 1 unspecified atom stereocenters. The van der Waals surface area contributed by atoms with Crippen molar-refractivity contribution in [1.29, 1.82) is 0 Å². The quantitative estimate of drug-likeness (QED) is 0.811.